The molecule has 2 aromatic rings. The van der Waals surface area contributed by atoms with E-state index < -0.39 is 0 Å². The largest absolute Gasteiger partial charge is 0.465 e. The predicted molar refractivity (Wildman–Crippen MR) is 74.1 cm³/mol. The average molecular weight is 261 g/mol. The first-order valence-corrected chi connectivity index (χ1v) is 6.45. The van der Waals surface area contributed by atoms with E-state index in [2.05, 4.69) is 12.1 Å². The minimum atomic E-state index is -0.361. The van der Waals surface area contributed by atoms with Crippen LogP contribution in [0.2, 0.25) is 0 Å². The number of methoxy groups -OCH3 is 1. The first kappa shape index (κ1) is 12.6. The molecule has 2 rings (SSSR count). The van der Waals surface area contributed by atoms with Crippen molar-refractivity contribution in [1.82, 2.24) is 0 Å². The molecule has 18 heavy (non-hydrogen) atoms. The van der Waals surface area contributed by atoms with Crippen molar-refractivity contribution < 1.29 is 9.53 Å². The normalized spacial score (nSPS) is 10.3. The summed E-state index contributed by atoms with van der Waals surface area (Å²) in [5.41, 5.74) is 8.67. The van der Waals surface area contributed by atoms with Crippen LogP contribution in [0.1, 0.15) is 25.7 Å². The van der Waals surface area contributed by atoms with E-state index in [9.17, 15) is 4.79 Å². The summed E-state index contributed by atoms with van der Waals surface area (Å²) in [7, 11) is 1.37. The SMILES string of the molecule is COC(=O)c1sc(Cc2ccccc2)c(C)c1N. The molecule has 0 atom stereocenters. The van der Waals surface area contributed by atoms with Crippen LogP contribution in [0.5, 0.6) is 0 Å². The fraction of sp³-hybridized carbons (Fsp3) is 0.214. The molecule has 0 radical (unpaired) electrons. The summed E-state index contributed by atoms with van der Waals surface area (Å²) in [6.07, 6.45) is 0.790. The number of esters is 1. The Kier molecular flexibility index (Phi) is 3.67. The first-order chi connectivity index (χ1) is 8.63. The molecule has 0 unspecified atom stereocenters. The molecule has 0 aliphatic carbocycles. The van der Waals surface area contributed by atoms with Crippen LogP contribution < -0.4 is 5.73 Å². The molecule has 2 N–H and O–H groups in total. The highest BCUT2D eigenvalue weighted by Gasteiger charge is 2.18. The molecule has 0 bridgehead atoms. The minimum Gasteiger partial charge on any atom is -0.465 e. The van der Waals surface area contributed by atoms with Crippen LogP contribution in [0, 0.1) is 6.92 Å². The lowest BCUT2D eigenvalue weighted by Crippen LogP contribution is -2.02. The monoisotopic (exact) mass is 261 g/mol. The predicted octanol–water partition coefficient (Wildman–Crippen LogP) is 3.02. The molecular weight excluding hydrogens is 246 g/mol. The summed E-state index contributed by atoms with van der Waals surface area (Å²) in [5.74, 6) is -0.361. The summed E-state index contributed by atoms with van der Waals surface area (Å²) in [4.78, 5) is 13.2. The Morgan fingerprint density at radius 3 is 2.61 bits per heavy atom. The third-order valence-corrected chi connectivity index (χ3v) is 4.16. The zero-order valence-electron chi connectivity index (χ0n) is 10.4. The number of rotatable bonds is 3. The van der Waals surface area contributed by atoms with Crippen molar-refractivity contribution >= 4 is 23.0 Å². The maximum atomic E-state index is 11.6. The molecule has 0 spiro atoms. The van der Waals surface area contributed by atoms with Crippen molar-refractivity contribution in [3.05, 3.63) is 51.2 Å². The Morgan fingerprint density at radius 2 is 2.00 bits per heavy atom. The number of benzene rings is 1. The molecule has 0 aliphatic heterocycles. The van der Waals surface area contributed by atoms with E-state index in [1.807, 2.05) is 25.1 Å². The lowest BCUT2D eigenvalue weighted by Gasteiger charge is -2.00. The van der Waals surface area contributed by atoms with Gasteiger partial charge in [-0.25, -0.2) is 4.79 Å². The van der Waals surface area contributed by atoms with Gasteiger partial charge in [0.2, 0.25) is 0 Å². The molecule has 4 heteroatoms. The maximum absolute atomic E-state index is 11.6. The fourth-order valence-electron chi connectivity index (χ4n) is 1.77. The van der Waals surface area contributed by atoms with Gasteiger partial charge in [0.05, 0.1) is 12.8 Å². The summed E-state index contributed by atoms with van der Waals surface area (Å²) < 4.78 is 4.73. The number of nitrogens with two attached hydrogens (primary N) is 1. The zero-order valence-corrected chi connectivity index (χ0v) is 11.2. The molecule has 1 aromatic carbocycles. The van der Waals surface area contributed by atoms with Gasteiger partial charge in [-0.1, -0.05) is 30.3 Å². The molecular formula is C14H15NO2S. The van der Waals surface area contributed by atoms with Crippen LogP contribution in [0.3, 0.4) is 0 Å². The molecule has 0 saturated carbocycles. The molecule has 0 fully saturated rings. The maximum Gasteiger partial charge on any atom is 0.350 e. The van der Waals surface area contributed by atoms with Crippen molar-refractivity contribution in [2.45, 2.75) is 13.3 Å². The Hall–Kier alpha value is -1.81. The van der Waals surface area contributed by atoms with Gasteiger partial charge in [0.1, 0.15) is 4.88 Å². The molecule has 0 amide bonds. The highest BCUT2D eigenvalue weighted by molar-refractivity contribution is 7.14. The van der Waals surface area contributed by atoms with Gasteiger partial charge in [-0.3, -0.25) is 0 Å². The summed E-state index contributed by atoms with van der Waals surface area (Å²) >= 11 is 1.41. The van der Waals surface area contributed by atoms with Crippen LogP contribution >= 0.6 is 11.3 Å². The number of hydrogen-bond acceptors (Lipinski definition) is 4. The van der Waals surface area contributed by atoms with Crippen molar-refractivity contribution in [1.29, 1.82) is 0 Å². The van der Waals surface area contributed by atoms with Gasteiger partial charge in [-0.05, 0) is 18.1 Å². The third-order valence-electron chi connectivity index (χ3n) is 2.87. The van der Waals surface area contributed by atoms with Crippen LogP contribution in [-0.4, -0.2) is 13.1 Å². The number of anilines is 1. The molecule has 1 heterocycles. The highest BCUT2D eigenvalue weighted by atomic mass is 32.1. The Morgan fingerprint density at radius 1 is 1.33 bits per heavy atom. The number of ether oxygens (including phenoxy) is 1. The van der Waals surface area contributed by atoms with Crippen molar-refractivity contribution in [2.75, 3.05) is 12.8 Å². The Bertz CT molecular complexity index is 561. The molecule has 0 aliphatic rings. The van der Waals surface area contributed by atoms with Gasteiger partial charge < -0.3 is 10.5 Å². The van der Waals surface area contributed by atoms with Crippen LogP contribution in [-0.2, 0) is 11.2 Å². The van der Waals surface area contributed by atoms with Crippen molar-refractivity contribution in [3.8, 4) is 0 Å². The second kappa shape index (κ2) is 5.23. The van der Waals surface area contributed by atoms with E-state index in [-0.39, 0.29) is 5.97 Å². The van der Waals surface area contributed by atoms with Gasteiger partial charge in [-0.2, -0.15) is 0 Å². The lowest BCUT2D eigenvalue weighted by molar-refractivity contribution is 0.0607. The zero-order chi connectivity index (χ0) is 13.1. The number of nitrogen functional groups attached to an aromatic ring is 1. The quantitative estimate of drug-likeness (QED) is 0.864. The van der Waals surface area contributed by atoms with Crippen LogP contribution in [0.25, 0.3) is 0 Å². The number of carbonyl (C=O) groups is 1. The molecule has 94 valence electrons. The van der Waals surface area contributed by atoms with Crippen molar-refractivity contribution in [2.24, 2.45) is 0 Å². The van der Waals surface area contributed by atoms with Crippen LogP contribution in [0.4, 0.5) is 5.69 Å². The average Bonchev–Trinajstić information content (AvgIpc) is 2.67. The summed E-state index contributed by atoms with van der Waals surface area (Å²) in [6, 6.07) is 10.1. The van der Waals surface area contributed by atoms with Crippen molar-refractivity contribution in [3.63, 3.8) is 0 Å². The third kappa shape index (κ3) is 2.38. The van der Waals surface area contributed by atoms with Gasteiger partial charge in [-0.15, -0.1) is 11.3 Å². The molecule has 0 saturated heterocycles. The second-order valence-electron chi connectivity index (χ2n) is 4.05. The molecule has 3 nitrogen and oxygen atoms in total. The van der Waals surface area contributed by atoms with E-state index in [0.717, 1.165) is 16.9 Å². The summed E-state index contributed by atoms with van der Waals surface area (Å²) in [5, 5.41) is 0. The number of thiophene rings is 1. The number of carbonyl (C=O) groups excluding carboxylic acids is 1. The topological polar surface area (TPSA) is 52.3 Å². The van der Waals surface area contributed by atoms with E-state index in [1.165, 1.54) is 24.0 Å². The fourth-order valence-corrected chi connectivity index (χ4v) is 2.95. The van der Waals surface area contributed by atoms with Gasteiger partial charge in [0.25, 0.3) is 0 Å². The lowest BCUT2D eigenvalue weighted by atomic mass is 10.1. The highest BCUT2D eigenvalue weighted by Crippen LogP contribution is 2.32. The Balaban J connectivity index is 2.32. The van der Waals surface area contributed by atoms with E-state index in [1.54, 1.807) is 0 Å². The smallest absolute Gasteiger partial charge is 0.350 e. The van der Waals surface area contributed by atoms with Gasteiger partial charge >= 0.3 is 5.97 Å². The van der Waals surface area contributed by atoms with E-state index in [4.69, 9.17) is 10.5 Å². The first-order valence-electron chi connectivity index (χ1n) is 5.63. The van der Waals surface area contributed by atoms with E-state index >= 15 is 0 Å². The standard InChI is InChI=1S/C14H15NO2S/c1-9-11(8-10-6-4-3-5-7-10)18-13(12(9)15)14(16)17-2/h3-7H,8,15H2,1-2H3. The second-order valence-corrected chi connectivity index (χ2v) is 5.15. The summed E-state index contributed by atoms with van der Waals surface area (Å²) in [6.45, 7) is 1.94. The van der Waals surface area contributed by atoms with Crippen LogP contribution in [0.15, 0.2) is 30.3 Å². The minimum absolute atomic E-state index is 0.361. The van der Waals surface area contributed by atoms with E-state index in [0.29, 0.717) is 10.6 Å². The van der Waals surface area contributed by atoms with Gasteiger partial charge in [0.15, 0.2) is 0 Å². The molecule has 1 aromatic heterocycles. The van der Waals surface area contributed by atoms with Gasteiger partial charge in [0, 0.05) is 11.3 Å². The Labute approximate surface area is 110 Å². The number of hydrogen-bond donors (Lipinski definition) is 1.